The van der Waals surface area contributed by atoms with E-state index in [2.05, 4.69) is 6.07 Å². The van der Waals surface area contributed by atoms with Crippen LogP contribution in [0.4, 0.5) is 5.69 Å². The maximum atomic E-state index is 9.00. The van der Waals surface area contributed by atoms with Crippen molar-refractivity contribution in [2.45, 2.75) is 6.92 Å². The van der Waals surface area contributed by atoms with Crippen LogP contribution in [0.1, 0.15) is 6.92 Å². The molecule has 3 N–H and O–H groups in total. The van der Waals surface area contributed by atoms with Crippen molar-refractivity contribution in [1.82, 2.24) is 0 Å². The van der Waals surface area contributed by atoms with Crippen molar-refractivity contribution < 1.29 is 39.5 Å². The summed E-state index contributed by atoms with van der Waals surface area (Å²) in [6.07, 6.45) is 0. The largest absolute Gasteiger partial charge is 1.00 e. The van der Waals surface area contributed by atoms with E-state index < -0.39 is 5.97 Å². The Kier molecular flexibility index (Phi) is 8.94. The quantitative estimate of drug-likeness (QED) is 0.470. The smallest absolute Gasteiger partial charge is 0.481 e. The number of aliphatic carboxylic acids is 1. The molecule has 6 heteroatoms. The van der Waals surface area contributed by atoms with Gasteiger partial charge in [0.1, 0.15) is 0 Å². The van der Waals surface area contributed by atoms with Crippen LogP contribution in [0, 0.1) is 6.07 Å². The molecule has 0 saturated heterocycles. The van der Waals surface area contributed by atoms with Gasteiger partial charge in [0, 0.05) is 17.0 Å². The molecule has 0 saturated carbocycles. The van der Waals surface area contributed by atoms with E-state index in [9.17, 15) is 0 Å². The molecule has 2 aromatic rings. The van der Waals surface area contributed by atoms with E-state index >= 15 is 0 Å². The summed E-state index contributed by atoms with van der Waals surface area (Å²) in [7, 11) is 0. The van der Waals surface area contributed by atoms with Crippen molar-refractivity contribution >= 4 is 34.9 Å². The third kappa shape index (κ3) is 5.73. The van der Waals surface area contributed by atoms with Crippen LogP contribution in [0.3, 0.4) is 0 Å². The van der Waals surface area contributed by atoms with E-state index in [1.807, 2.05) is 6.07 Å². The number of hydrogen-bond acceptors (Lipinski definition) is 2. The van der Waals surface area contributed by atoms with Crippen molar-refractivity contribution in [3.05, 3.63) is 52.5 Å². The Balaban J connectivity index is 0.000000644. The van der Waals surface area contributed by atoms with Gasteiger partial charge in [-0.25, -0.2) is 0 Å². The molecule has 0 amide bonds. The van der Waals surface area contributed by atoms with Gasteiger partial charge in [-0.3, -0.25) is 4.79 Å². The first-order chi connectivity index (χ1) is 8.93. The number of benzene rings is 2. The molecule has 2 rings (SSSR count). The maximum absolute atomic E-state index is 9.00. The van der Waals surface area contributed by atoms with Crippen molar-refractivity contribution in [2.24, 2.45) is 0 Å². The Bertz CT molecular complexity index is 567. The van der Waals surface area contributed by atoms with Crippen molar-refractivity contribution in [2.75, 3.05) is 5.73 Å². The number of anilines is 1. The van der Waals surface area contributed by atoms with Crippen LogP contribution in [0.2, 0.25) is 10.0 Å². The fourth-order valence-electron chi connectivity index (χ4n) is 1.40. The molecule has 3 nitrogen and oxygen atoms in total. The number of nitrogens with two attached hydrogens (primary N) is 1. The Hall–Kier alpha value is -0.710. The Morgan fingerprint density at radius 2 is 1.70 bits per heavy atom. The monoisotopic (exact) mass is 319 g/mol. The van der Waals surface area contributed by atoms with Crippen molar-refractivity contribution in [1.29, 1.82) is 0 Å². The van der Waals surface area contributed by atoms with Gasteiger partial charge >= 0.3 is 29.6 Å². The normalized spacial score (nSPS) is 8.95. The van der Waals surface area contributed by atoms with Crippen LogP contribution in [0.25, 0.3) is 11.1 Å². The van der Waals surface area contributed by atoms with E-state index in [0.717, 1.165) is 18.1 Å². The first-order valence-electron chi connectivity index (χ1n) is 5.33. The molecule has 0 bridgehead atoms. The number of hydrogen-bond donors (Lipinski definition) is 2. The zero-order valence-corrected chi connectivity index (χ0v) is 14.7. The van der Waals surface area contributed by atoms with Gasteiger partial charge in [0.05, 0.1) is 0 Å². The summed E-state index contributed by atoms with van der Waals surface area (Å²) in [5, 5.41) is 8.58. The fourth-order valence-corrected chi connectivity index (χ4v) is 1.99. The second-order valence-electron chi connectivity index (χ2n) is 3.62. The van der Waals surface area contributed by atoms with Crippen molar-refractivity contribution in [3.8, 4) is 11.1 Å². The number of carbonyl (C=O) groups is 1. The molecule has 0 heterocycles. The van der Waals surface area contributed by atoms with E-state index in [4.69, 9.17) is 38.8 Å². The van der Waals surface area contributed by atoms with Crippen LogP contribution >= 0.6 is 23.2 Å². The number of rotatable bonds is 1. The van der Waals surface area contributed by atoms with Crippen LogP contribution in [-0.4, -0.2) is 11.1 Å². The van der Waals surface area contributed by atoms with Crippen LogP contribution in [0.5, 0.6) is 0 Å². The number of halogens is 2. The molecule has 0 fully saturated rings. The predicted molar refractivity (Wildman–Crippen MR) is 78.5 cm³/mol. The van der Waals surface area contributed by atoms with Crippen LogP contribution < -0.4 is 35.3 Å². The number of carboxylic acids is 1. The summed E-state index contributed by atoms with van der Waals surface area (Å²) in [5.74, 6) is -0.833. The summed E-state index contributed by atoms with van der Waals surface area (Å²) in [4.78, 5) is 9.00. The van der Waals surface area contributed by atoms with Gasteiger partial charge in [-0.15, -0.1) is 29.8 Å². The second kappa shape index (κ2) is 9.27. The molecule has 0 unspecified atom stereocenters. The molecule has 0 aliphatic rings. The average molecular weight is 320 g/mol. The van der Waals surface area contributed by atoms with Gasteiger partial charge in [-0.2, -0.15) is 0 Å². The molecule has 0 radical (unpaired) electrons. The minimum Gasteiger partial charge on any atom is -0.481 e. The van der Waals surface area contributed by atoms with E-state index in [-0.39, 0.29) is 29.6 Å². The van der Waals surface area contributed by atoms with Gasteiger partial charge in [0.2, 0.25) is 0 Å². The summed E-state index contributed by atoms with van der Waals surface area (Å²) in [5.41, 5.74) is 7.94. The van der Waals surface area contributed by atoms with Crippen LogP contribution in [-0.2, 0) is 4.79 Å². The van der Waals surface area contributed by atoms with Gasteiger partial charge in [-0.1, -0.05) is 52.7 Å². The summed E-state index contributed by atoms with van der Waals surface area (Å²) in [6.45, 7) is 1.08. The summed E-state index contributed by atoms with van der Waals surface area (Å²) < 4.78 is 0. The Labute approximate surface area is 150 Å². The minimum atomic E-state index is -0.833. The van der Waals surface area contributed by atoms with Crippen molar-refractivity contribution in [3.63, 3.8) is 0 Å². The number of nitrogen functional groups attached to an aromatic ring is 1. The maximum Gasteiger partial charge on any atom is 1.00 e. The molecule has 0 atom stereocenters. The standard InChI is InChI=1S/C12H8Cl2N.C2H4O2.Na/c13-9-5-3-6-10(14)12(9)8-4-1-2-7-11(8)15;1-2(3)4;/h1-3,5-7H,15H2;1H3,(H,3,4);/q-1;;+1. The average Bonchev–Trinajstić information content (AvgIpc) is 2.30. The van der Waals surface area contributed by atoms with Gasteiger partial charge < -0.3 is 10.8 Å². The molecule has 2 aromatic carbocycles. The minimum absolute atomic E-state index is 0. The third-order valence-corrected chi connectivity index (χ3v) is 2.73. The Morgan fingerprint density at radius 3 is 2.15 bits per heavy atom. The molecule has 0 aliphatic carbocycles. The van der Waals surface area contributed by atoms with Gasteiger partial charge in [-0.05, 0) is 0 Å². The summed E-state index contributed by atoms with van der Waals surface area (Å²) >= 11 is 12.2. The Morgan fingerprint density at radius 1 is 1.20 bits per heavy atom. The van der Waals surface area contributed by atoms with Gasteiger partial charge in [0.15, 0.2) is 0 Å². The molecule has 0 aromatic heterocycles. The second-order valence-corrected chi connectivity index (χ2v) is 4.43. The molecule has 0 aliphatic heterocycles. The zero-order valence-electron chi connectivity index (χ0n) is 11.2. The SMILES string of the molecule is CC(=O)O.Nc1ccc[c-]c1-c1c(Cl)cccc1Cl.[Na+]. The first-order valence-corrected chi connectivity index (χ1v) is 6.09. The van der Waals surface area contributed by atoms with E-state index in [1.54, 1.807) is 30.3 Å². The third-order valence-electron chi connectivity index (χ3n) is 2.10. The topological polar surface area (TPSA) is 63.3 Å². The predicted octanol–water partition coefficient (Wildman–Crippen LogP) is 1.14. The van der Waals surface area contributed by atoms with Gasteiger partial charge in [0.25, 0.3) is 5.97 Å². The molecular formula is C14H12Cl2NNaO2. The molecule has 100 valence electrons. The fraction of sp³-hybridized carbons (Fsp3) is 0.0714. The van der Waals surface area contributed by atoms with E-state index in [0.29, 0.717) is 15.7 Å². The van der Waals surface area contributed by atoms with E-state index in [1.165, 1.54) is 0 Å². The molecular weight excluding hydrogens is 308 g/mol. The summed E-state index contributed by atoms with van der Waals surface area (Å²) in [6, 6.07) is 13.8. The number of carboxylic acid groups (broad SMARTS) is 1. The first kappa shape index (κ1) is 19.3. The zero-order chi connectivity index (χ0) is 14.4. The molecule has 20 heavy (non-hydrogen) atoms. The molecule has 0 spiro atoms. The van der Waals surface area contributed by atoms with Crippen LogP contribution in [0.15, 0.2) is 36.4 Å².